The Morgan fingerprint density at radius 3 is 2.71 bits per heavy atom. The molecule has 0 spiro atoms. The number of aliphatic hydroxyl groups is 1. The highest BCUT2D eigenvalue weighted by atomic mass is 32.2. The van der Waals surface area contributed by atoms with E-state index in [0.717, 1.165) is 18.6 Å². The van der Waals surface area contributed by atoms with E-state index >= 15 is 0 Å². The lowest BCUT2D eigenvalue weighted by Gasteiger charge is -2.26. The lowest BCUT2D eigenvalue weighted by atomic mass is 9.89. The first-order valence-electron chi connectivity index (χ1n) is 5.09. The Kier molecular flexibility index (Phi) is 2.84. The Hall–Kier alpha value is -0.470. The minimum atomic E-state index is -0.480. The number of thioether (sulfide) groups is 1. The van der Waals surface area contributed by atoms with Gasteiger partial charge in [-0.05, 0) is 17.7 Å². The Bertz CT molecular complexity index is 298. The van der Waals surface area contributed by atoms with E-state index in [2.05, 4.69) is 19.1 Å². The fraction of sp³-hybridized carbons (Fsp3) is 0.500. The molecule has 1 aromatic carbocycles. The Balaban J connectivity index is 2.10. The van der Waals surface area contributed by atoms with Crippen molar-refractivity contribution in [3.8, 4) is 0 Å². The third-order valence-corrected chi connectivity index (χ3v) is 4.39. The van der Waals surface area contributed by atoms with Crippen molar-refractivity contribution in [1.82, 2.24) is 0 Å². The normalized spacial score (nSPS) is 32.0. The molecule has 0 aliphatic carbocycles. The number of hydrogen-bond acceptors (Lipinski definition) is 2. The van der Waals surface area contributed by atoms with E-state index in [0.29, 0.717) is 5.25 Å². The minimum Gasteiger partial charge on any atom is -0.388 e. The molecular weight excluding hydrogens is 192 g/mol. The molecule has 2 atom stereocenters. The third-order valence-electron chi connectivity index (χ3n) is 3.01. The van der Waals surface area contributed by atoms with Crippen LogP contribution in [-0.2, 0) is 6.42 Å². The minimum absolute atomic E-state index is 0.364. The molecule has 0 saturated carbocycles. The molecule has 2 rings (SSSR count). The van der Waals surface area contributed by atoms with Crippen LogP contribution in [0.2, 0.25) is 0 Å². The average molecular weight is 208 g/mol. The Morgan fingerprint density at radius 1 is 1.43 bits per heavy atom. The van der Waals surface area contributed by atoms with Gasteiger partial charge in [0.2, 0.25) is 0 Å². The van der Waals surface area contributed by atoms with Gasteiger partial charge < -0.3 is 5.11 Å². The van der Waals surface area contributed by atoms with E-state index in [1.807, 2.05) is 30.0 Å². The van der Waals surface area contributed by atoms with Crippen molar-refractivity contribution in [2.75, 3.05) is 5.75 Å². The molecule has 14 heavy (non-hydrogen) atoms. The first-order chi connectivity index (χ1) is 6.71. The summed E-state index contributed by atoms with van der Waals surface area (Å²) in [4.78, 5) is 0. The van der Waals surface area contributed by atoms with Crippen LogP contribution in [0.25, 0.3) is 0 Å². The lowest BCUT2D eigenvalue weighted by Crippen LogP contribution is -2.36. The van der Waals surface area contributed by atoms with Crippen molar-refractivity contribution in [3.05, 3.63) is 35.9 Å². The maximum Gasteiger partial charge on any atom is 0.0811 e. The maximum absolute atomic E-state index is 10.4. The summed E-state index contributed by atoms with van der Waals surface area (Å²) >= 11 is 1.87. The summed E-state index contributed by atoms with van der Waals surface area (Å²) in [6.07, 6.45) is 1.72. The van der Waals surface area contributed by atoms with Crippen LogP contribution < -0.4 is 0 Å². The summed E-state index contributed by atoms with van der Waals surface area (Å²) in [6.45, 7) is 2.13. The van der Waals surface area contributed by atoms with Gasteiger partial charge in [0.15, 0.2) is 0 Å². The van der Waals surface area contributed by atoms with Crippen molar-refractivity contribution in [2.45, 2.75) is 30.6 Å². The molecule has 0 bridgehead atoms. The van der Waals surface area contributed by atoms with Gasteiger partial charge >= 0.3 is 0 Å². The quantitative estimate of drug-likeness (QED) is 0.805. The van der Waals surface area contributed by atoms with Crippen LogP contribution in [0, 0.1) is 0 Å². The number of benzene rings is 1. The van der Waals surface area contributed by atoms with Crippen LogP contribution in [0.3, 0.4) is 0 Å². The van der Waals surface area contributed by atoms with Crippen molar-refractivity contribution in [1.29, 1.82) is 0 Å². The van der Waals surface area contributed by atoms with Crippen LogP contribution in [0.15, 0.2) is 30.3 Å². The van der Waals surface area contributed by atoms with Crippen LogP contribution >= 0.6 is 11.8 Å². The summed E-state index contributed by atoms with van der Waals surface area (Å²) < 4.78 is 0. The van der Waals surface area contributed by atoms with Crippen molar-refractivity contribution >= 4 is 11.8 Å². The second-order valence-electron chi connectivity index (χ2n) is 4.03. The van der Waals surface area contributed by atoms with Gasteiger partial charge in [-0.15, -0.1) is 0 Å². The van der Waals surface area contributed by atoms with E-state index in [9.17, 15) is 5.11 Å². The predicted molar refractivity (Wildman–Crippen MR) is 61.6 cm³/mol. The first kappa shape index (κ1) is 10.1. The molecule has 0 aromatic heterocycles. The van der Waals surface area contributed by atoms with Gasteiger partial charge in [-0.3, -0.25) is 0 Å². The number of hydrogen-bond donors (Lipinski definition) is 1. The van der Waals surface area contributed by atoms with Gasteiger partial charge in [-0.25, -0.2) is 0 Å². The maximum atomic E-state index is 10.4. The highest BCUT2D eigenvalue weighted by Gasteiger charge is 2.38. The molecule has 1 N–H and O–H groups in total. The van der Waals surface area contributed by atoms with Gasteiger partial charge in [-0.2, -0.15) is 11.8 Å². The lowest BCUT2D eigenvalue weighted by molar-refractivity contribution is 0.0464. The van der Waals surface area contributed by atoms with Gasteiger partial charge in [0.05, 0.1) is 5.60 Å². The standard InChI is InChI=1S/C12H16OS/c1-10-12(13,7-8-14-10)9-11-5-3-2-4-6-11/h2-6,10,13H,7-9H2,1H3. The molecule has 76 valence electrons. The molecule has 0 radical (unpaired) electrons. The largest absolute Gasteiger partial charge is 0.388 e. The average Bonchev–Trinajstić information content (AvgIpc) is 2.48. The summed E-state index contributed by atoms with van der Waals surface area (Å²) in [5.41, 5.74) is 0.760. The fourth-order valence-corrected chi connectivity index (χ4v) is 3.29. The van der Waals surface area contributed by atoms with E-state index in [4.69, 9.17) is 0 Å². The molecule has 1 nitrogen and oxygen atoms in total. The summed E-state index contributed by atoms with van der Waals surface area (Å²) in [7, 11) is 0. The Morgan fingerprint density at radius 2 is 2.14 bits per heavy atom. The van der Waals surface area contributed by atoms with Gasteiger partial charge in [0.1, 0.15) is 0 Å². The second-order valence-corrected chi connectivity index (χ2v) is 5.48. The zero-order chi connectivity index (χ0) is 10.0. The molecule has 1 aromatic rings. The van der Waals surface area contributed by atoms with Crippen molar-refractivity contribution < 1.29 is 5.11 Å². The third kappa shape index (κ3) is 1.96. The van der Waals surface area contributed by atoms with E-state index in [-0.39, 0.29) is 0 Å². The zero-order valence-corrected chi connectivity index (χ0v) is 9.26. The molecule has 2 unspecified atom stereocenters. The highest BCUT2D eigenvalue weighted by Crippen LogP contribution is 2.37. The Labute approximate surface area is 89.5 Å². The van der Waals surface area contributed by atoms with Crippen LogP contribution in [0.1, 0.15) is 18.9 Å². The molecule has 1 fully saturated rings. The van der Waals surface area contributed by atoms with Crippen molar-refractivity contribution in [2.24, 2.45) is 0 Å². The molecular formula is C12H16OS. The topological polar surface area (TPSA) is 20.2 Å². The second kappa shape index (κ2) is 3.95. The van der Waals surface area contributed by atoms with Gasteiger partial charge in [-0.1, -0.05) is 37.3 Å². The van der Waals surface area contributed by atoms with Crippen LogP contribution in [0.5, 0.6) is 0 Å². The molecule has 0 amide bonds. The molecule has 2 heteroatoms. The molecule has 1 aliphatic rings. The van der Waals surface area contributed by atoms with Gasteiger partial charge in [0, 0.05) is 11.7 Å². The molecule has 1 aliphatic heterocycles. The number of rotatable bonds is 2. The van der Waals surface area contributed by atoms with Crippen LogP contribution in [0.4, 0.5) is 0 Å². The first-order valence-corrected chi connectivity index (χ1v) is 6.13. The van der Waals surface area contributed by atoms with E-state index < -0.39 is 5.60 Å². The summed E-state index contributed by atoms with van der Waals surface area (Å²) in [5, 5.41) is 10.8. The zero-order valence-electron chi connectivity index (χ0n) is 8.44. The summed E-state index contributed by atoms with van der Waals surface area (Å²) in [6, 6.07) is 10.3. The monoisotopic (exact) mass is 208 g/mol. The van der Waals surface area contributed by atoms with Gasteiger partial charge in [0.25, 0.3) is 0 Å². The molecule has 1 heterocycles. The van der Waals surface area contributed by atoms with Crippen molar-refractivity contribution in [3.63, 3.8) is 0 Å². The molecule has 1 saturated heterocycles. The smallest absolute Gasteiger partial charge is 0.0811 e. The van der Waals surface area contributed by atoms with Crippen LogP contribution in [-0.4, -0.2) is 21.7 Å². The predicted octanol–water partition coefficient (Wildman–Crippen LogP) is 2.49. The van der Waals surface area contributed by atoms with E-state index in [1.54, 1.807) is 0 Å². The SMILES string of the molecule is CC1SCCC1(O)Cc1ccccc1. The summed E-state index contributed by atoms with van der Waals surface area (Å²) in [5.74, 6) is 1.09. The van der Waals surface area contributed by atoms with E-state index in [1.165, 1.54) is 5.56 Å². The highest BCUT2D eigenvalue weighted by molar-refractivity contribution is 8.00. The fourth-order valence-electron chi connectivity index (χ4n) is 1.95.